The van der Waals surface area contributed by atoms with Gasteiger partial charge in [0.1, 0.15) is 11.5 Å². The summed E-state index contributed by atoms with van der Waals surface area (Å²) >= 11 is 0. The second kappa shape index (κ2) is 6.84. The van der Waals surface area contributed by atoms with Crippen LogP contribution in [0.15, 0.2) is 16.5 Å². The maximum Gasteiger partial charge on any atom is 0.117 e. The number of hydrogen-bond acceptors (Lipinski definition) is 3. The van der Waals surface area contributed by atoms with Gasteiger partial charge in [0.2, 0.25) is 0 Å². The average molecular weight is 288 g/mol. The minimum Gasteiger partial charge on any atom is -0.463 e. The molecule has 0 amide bonds. The van der Waals surface area contributed by atoms with Crippen LogP contribution in [0.25, 0.3) is 0 Å². The molecule has 11 heavy (non-hydrogen) atoms. The lowest BCUT2D eigenvalue weighted by Gasteiger charge is -1.87. The smallest absolute Gasteiger partial charge is 0.117 e. The number of furan rings is 1. The molecule has 4 N–H and O–H groups in total. The van der Waals surface area contributed by atoms with Crippen molar-refractivity contribution < 1.29 is 4.42 Å². The van der Waals surface area contributed by atoms with Gasteiger partial charge in [0, 0.05) is 0 Å². The molecule has 3 nitrogen and oxygen atoms in total. The summed E-state index contributed by atoms with van der Waals surface area (Å²) in [5.74, 6) is 1.57. The minimum atomic E-state index is 0. The van der Waals surface area contributed by atoms with Crippen molar-refractivity contribution in [1.29, 1.82) is 0 Å². The van der Waals surface area contributed by atoms with E-state index in [1.807, 2.05) is 12.1 Å². The van der Waals surface area contributed by atoms with Gasteiger partial charge in [-0.25, -0.2) is 0 Å². The lowest BCUT2D eigenvalue weighted by Crippen LogP contribution is -1.95. The molecule has 0 aromatic carbocycles. The van der Waals surface area contributed by atoms with Gasteiger partial charge in [0.05, 0.1) is 13.1 Å². The summed E-state index contributed by atoms with van der Waals surface area (Å²) in [6.45, 7) is 0.889. The fourth-order valence-electron chi connectivity index (χ4n) is 0.642. The van der Waals surface area contributed by atoms with Crippen LogP contribution >= 0.6 is 34.0 Å². The van der Waals surface area contributed by atoms with Gasteiger partial charge >= 0.3 is 0 Å². The normalized spacial score (nSPS) is 8.18. The Kier molecular flexibility index (Phi) is 8.54. The Balaban J connectivity index is 0. The maximum absolute atomic E-state index is 5.28. The van der Waals surface area contributed by atoms with Crippen LogP contribution in [0.1, 0.15) is 11.5 Å². The summed E-state index contributed by atoms with van der Waals surface area (Å²) < 4.78 is 5.13. The van der Waals surface area contributed by atoms with E-state index in [9.17, 15) is 0 Å². The highest BCUT2D eigenvalue weighted by Gasteiger charge is 1.95. The predicted octanol–water partition coefficient (Wildman–Crippen LogP) is 1.35. The van der Waals surface area contributed by atoms with E-state index < -0.39 is 0 Å². The number of hydrogen-bond donors (Lipinski definition) is 2. The van der Waals surface area contributed by atoms with Gasteiger partial charge in [-0.1, -0.05) is 0 Å². The van der Waals surface area contributed by atoms with Crippen LogP contribution in [0.4, 0.5) is 0 Å². The molecule has 1 heterocycles. The Morgan fingerprint density at radius 1 is 1.00 bits per heavy atom. The zero-order valence-corrected chi connectivity index (χ0v) is 9.37. The summed E-state index contributed by atoms with van der Waals surface area (Å²) in [5, 5.41) is 0. The highest BCUT2D eigenvalue weighted by molar-refractivity contribution is 8.93. The second-order valence-corrected chi connectivity index (χ2v) is 1.78. The van der Waals surface area contributed by atoms with Gasteiger partial charge in [-0.3, -0.25) is 0 Å². The molecule has 0 atom stereocenters. The maximum atomic E-state index is 5.28. The first-order chi connectivity index (χ1) is 4.36. The molecule has 0 aliphatic heterocycles. The van der Waals surface area contributed by atoms with Crippen LogP contribution in [0.2, 0.25) is 0 Å². The summed E-state index contributed by atoms with van der Waals surface area (Å²) in [6.07, 6.45) is 0. The van der Waals surface area contributed by atoms with Gasteiger partial charge in [-0.15, -0.1) is 34.0 Å². The van der Waals surface area contributed by atoms with Crippen molar-refractivity contribution in [3.05, 3.63) is 23.7 Å². The molecular formula is C6H12Br2N2O. The zero-order valence-electron chi connectivity index (χ0n) is 5.95. The van der Waals surface area contributed by atoms with Crippen LogP contribution in [0.3, 0.4) is 0 Å². The van der Waals surface area contributed by atoms with Gasteiger partial charge in [0.25, 0.3) is 0 Å². The highest BCUT2D eigenvalue weighted by atomic mass is 79.9. The molecule has 1 rings (SSSR count). The largest absolute Gasteiger partial charge is 0.463 e. The van der Waals surface area contributed by atoms with Crippen molar-refractivity contribution in [2.45, 2.75) is 13.1 Å². The Labute approximate surface area is 86.7 Å². The van der Waals surface area contributed by atoms with Crippen LogP contribution in [0.5, 0.6) is 0 Å². The van der Waals surface area contributed by atoms with Gasteiger partial charge < -0.3 is 15.9 Å². The average Bonchev–Trinajstić information content (AvgIpc) is 2.34. The summed E-state index contributed by atoms with van der Waals surface area (Å²) in [6, 6.07) is 3.67. The Morgan fingerprint density at radius 3 is 1.55 bits per heavy atom. The third-order valence-electron chi connectivity index (χ3n) is 1.12. The van der Waals surface area contributed by atoms with Crippen molar-refractivity contribution >= 4 is 34.0 Å². The Morgan fingerprint density at radius 2 is 1.36 bits per heavy atom. The molecule has 0 bridgehead atoms. The summed E-state index contributed by atoms with van der Waals surface area (Å²) in [7, 11) is 0. The number of rotatable bonds is 2. The lowest BCUT2D eigenvalue weighted by molar-refractivity contribution is 0.468. The van der Waals surface area contributed by atoms with Gasteiger partial charge in [-0.2, -0.15) is 0 Å². The SMILES string of the molecule is Br.Br.NCc1ccc(CN)o1. The molecule has 0 radical (unpaired) electrons. The van der Waals surface area contributed by atoms with E-state index in [4.69, 9.17) is 15.9 Å². The summed E-state index contributed by atoms with van der Waals surface area (Å²) in [4.78, 5) is 0. The standard InChI is InChI=1S/C6H10N2O.2BrH/c7-3-5-1-2-6(4-8)9-5;;/h1-2H,3-4,7-8H2;2*1H. The van der Waals surface area contributed by atoms with Crippen LogP contribution in [0, 0.1) is 0 Å². The Hall–Kier alpha value is 0.160. The second-order valence-electron chi connectivity index (χ2n) is 1.78. The molecule has 0 aliphatic carbocycles. The zero-order chi connectivity index (χ0) is 6.69. The van der Waals surface area contributed by atoms with Crippen molar-refractivity contribution in [2.75, 3.05) is 0 Å². The lowest BCUT2D eigenvalue weighted by atomic mass is 10.4. The topological polar surface area (TPSA) is 65.2 Å². The third-order valence-corrected chi connectivity index (χ3v) is 1.12. The molecule has 0 unspecified atom stereocenters. The van der Waals surface area contributed by atoms with E-state index in [0.717, 1.165) is 11.5 Å². The Bertz CT molecular complexity index is 172. The monoisotopic (exact) mass is 286 g/mol. The van der Waals surface area contributed by atoms with Crippen molar-refractivity contribution in [3.8, 4) is 0 Å². The highest BCUT2D eigenvalue weighted by Crippen LogP contribution is 2.04. The molecular weight excluding hydrogens is 276 g/mol. The van der Waals surface area contributed by atoms with E-state index in [2.05, 4.69) is 0 Å². The molecule has 5 heteroatoms. The molecule has 0 fully saturated rings. The van der Waals surface area contributed by atoms with Gasteiger partial charge in [-0.05, 0) is 12.1 Å². The van der Waals surface area contributed by atoms with E-state index in [0.29, 0.717) is 13.1 Å². The predicted molar refractivity (Wildman–Crippen MR) is 55.1 cm³/mol. The molecule has 0 saturated carbocycles. The third kappa shape index (κ3) is 3.91. The molecule has 1 aromatic heterocycles. The molecule has 0 aliphatic rings. The molecule has 66 valence electrons. The van der Waals surface area contributed by atoms with Crippen molar-refractivity contribution in [2.24, 2.45) is 11.5 Å². The number of halogens is 2. The van der Waals surface area contributed by atoms with Crippen LogP contribution in [-0.2, 0) is 13.1 Å². The quantitative estimate of drug-likeness (QED) is 0.863. The van der Waals surface area contributed by atoms with E-state index in [1.165, 1.54) is 0 Å². The summed E-state index contributed by atoms with van der Waals surface area (Å²) in [5.41, 5.74) is 10.6. The van der Waals surface area contributed by atoms with Crippen LogP contribution < -0.4 is 11.5 Å². The van der Waals surface area contributed by atoms with Crippen molar-refractivity contribution in [3.63, 3.8) is 0 Å². The first-order valence-electron chi connectivity index (χ1n) is 2.84. The fourth-order valence-corrected chi connectivity index (χ4v) is 0.642. The minimum absolute atomic E-state index is 0. The fraction of sp³-hybridized carbons (Fsp3) is 0.333. The first-order valence-corrected chi connectivity index (χ1v) is 2.84. The first kappa shape index (κ1) is 13.7. The number of nitrogens with two attached hydrogens (primary N) is 2. The molecule has 0 spiro atoms. The molecule has 0 saturated heterocycles. The van der Waals surface area contributed by atoms with E-state index in [-0.39, 0.29) is 34.0 Å². The van der Waals surface area contributed by atoms with E-state index in [1.54, 1.807) is 0 Å². The van der Waals surface area contributed by atoms with Gasteiger partial charge in [0.15, 0.2) is 0 Å². The van der Waals surface area contributed by atoms with E-state index >= 15 is 0 Å². The molecule has 1 aromatic rings. The van der Waals surface area contributed by atoms with Crippen LogP contribution in [-0.4, -0.2) is 0 Å². The van der Waals surface area contributed by atoms with Crippen molar-refractivity contribution in [1.82, 2.24) is 0 Å².